The highest BCUT2D eigenvalue weighted by atomic mass is 79.9. The van der Waals surface area contributed by atoms with Crippen LogP contribution in [0.25, 0.3) is 0 Å². The third-order valence-corrected chi connectivity index (χ3v) is 3.38. The summed E-state index contributed by atoms with van der Waals surface area (Å²) in [6.07, 6.45) is 0. The first-order valence-electron chi connectivity index (χ1n) is 6.00. The summed E-state index contributed by atoms with van der Waals surface area (Å²) in [5, 5.41) is 0. The molecule has 0 radical (unpaired) electrons. The second-order valence-corrected chi connectivity index (χ2v) is 5.11. The van der Waals surface area contributed by atoms with E-state index in [0.717, 1.165) is 5.56 Å². The molecule has 2 aromatic rings. The van der Waals surface area contributed by atoms with Gasteiger partial charge in [0.2, 0.25) is 0 Å². The lowest BCUT2D eigenvalue weighted by Crippen LogP contribution is -2.41. The zero-order valence-electron chi connectivity index (χ0n) is 10.8. The van der Waals surface area contributed by atoms with E-state index in [9.17, 15) is 9.59 Å². The summed E-state index contributed by atoms with van der Waals surface area (Å²) >= 11 is 3.28. The van der Waals surface area contributed by atoms with Gasteiger partial charge >= 0.3 is 0 Å². The first-order valence-corrected chi connectivity index (χ1v) is 6.79. The van der Waals surface area contributed by atoms with Crippen LogP contribution >= 0.6 is 15.9 Å². The minimum Gasteiger partial charge on any atom is -0.267 e. The molecular formula is C15H13BrN2O2. The molecule has 2 rings (SSSR count). The van der Waals surface area contributed by atoms with Gasteiger partial charge in [-0.25, -0.2) is 0 Å². The Balaban J connectivity index is 2.01. The van der Waals surface area contributed by atoms with Crippen molar-refractivity contribution >= 4 is 27.7 Å². The molecule has 2 aromatic carbocycles. The van der Waals surface area contributed by atoms with Crippen molar-refractivity contribution in [2.24, 2.45) is 0 Å². The first-order chi connectivity index (χ1) is 9.58. The Kier molecular flexibility index (Phi) is 4.53. The number of aryl methyl sites for hydroxylation is 1. The highest BCUT2D eigenvalue weighted by Crippen LogP contribution is 2.15. The van der Waals surface area contributed by atoms with Gasteiger partial charge in [-0.15, -0.1) is 0 Å². The highest BCUT2D eigenvalue weighted by Gasteiger charge is 2.11. The van der Waals surface area contributed by atoms with Crippen LogP contribution in [0.4, 0.5) is 0 Å². The number of benzene rings is 2. The molecule has 20 heavy (non-hydrogen) atoms. The fraction of sp³-hybridized carbons (Fsp3) is 0.0667. The van der Waals surface area contributed by atoms with Crippen molar-refractivity contribution in [3.8, 4) is 0 Å². The van der Waals surface area contributed by atoms with Gasteiger partial charge in [0, 0.05) is 10.0 Å². The Morgan fingerprint density at radius 3 is 2.35 bits per heavy atom. The molecule has 0 aliphatic carbocycles. The Hall–Kier alpha value is -2.14. The van der Waals surface area contributed by atoms with Gasteiger partial charge in [0.25, 0.3) is 11.8 Å². The molecule has 2 N–H and O–H groups in total. The molecule has 0 saturated carbocycles. The molecule has 0 aliphatic heterocycles. The summed E-state index contributed by atoms with van der Waals surface area (Å²) in [4.78, 5) is 23.8. The smallest absolute Gasteiger partial charge is 0.267 e. The molecule has 0 spiro atoms. The zero-order chi connectivity index (χ0) is 14.5. The van der Waals surface area contributed by atoms with Gasteiger partial charge in [-0.05, 0) is 47.1 Å². The van der Waals surface area contributed by atoms with E-state index in [1.54, 1.807) is 36.4 Å². The molecule has 0 unspecified atom stereocenters. The summed E-state index contributed by atoms with van der Waals surface area (Å²) in [5.74, 6) is -0.729. The maximum absolute atomic E-state index is 11.9. The number of halogens is 1. The van der Waals surface area contributed by atoms with Crippen LogP contribution in [0.3, 0.4) is 0 Å². The molecule has 0 saturated heterocycles. The monoisotopic (exact) mass is 332 g/mol. The van der Waals surface area contributed by atoms with Crippen molar-refractivity contribution in [1.29, 1.82) is 0 Å². The summed E-state index contributed by atoms with van der Waals surface area (Å²) in [6.45, 7) is 1.90. The lowest BCUT2D eigenvalue weighted by atomic mass is 10.1. The quantitative estimate of drug-likeness (QED) is 0.831. The predicted octanol–water partition coefficient (Wildman–Crippen LogP) is 2.83. The van der Waals surface area contributed by atoms with Crippen LogP contribution in [0.1, 0.15) is 26.3 Å². The van der Waals surface area contributed by atoms with Gasteiger partial charge in [-0.2, -0.15) is 0 Å². The molecule has 102 valence electrons. The number of hydrazine groups is 1. The van der Waals surface area contributed by atoms with E-state index >= 15 is 0 Å². The predicted molar refractivity (Wildman–Crippen MR) is 80.3 cm³/mol. The third kappa shape index (κ3) is 3.45. The van der Waals surface area contributed by atoms with Crippen LogP contribution in [-0.2, 0) is 0 Å². The number of hydrogen-bond donors (Lipinski definition) is 2. The average molecular weight is 333 g/mol. The van der Waals surface area contributed by atoms with Crippen LogP contribution in [0, 0.1) is 6.92 Å². The van der Waals surface area contributed by atoms with E-state index in [2.05, 4.69) is 26.8 Å². The lowest BCUT2D eigenvalue weighted by Gasteiger charge is -2.08. The Morgan fingerprint density at radius 2 is 1.65 bits per heavy atom. The van der Waals surface area contributed by atoms with Crippen molar-refractivity contribution < 1.29 is 9.59 Å². The first kappa shape index (κ1) is 14.3. The molecule has 0 bridgehead atoms. The van der Waals surface area contributed by atoms with Crippen molar-refractivity contribution in [1.82, 2.24) is 10.9 Å². The Labute approximate surface area is 125 Å². The van der Waals surface area contributed by atoms with Crippen LogP contribution in [-0.4, -0.2) is 11.8 Å². The highest BCUT2D eigenvalue weighted by molar-refractivity contribution is 9.10. The standard InChI is InChI=1S/C15H13BrN2O2/c1-10-5-4-6-11(9-10)14(19)17-18-15(20)12-7-2-3-8-13(12)16/h2-9H,1H3,(H,17,19)(H,18,20). The summed E-state index contributed by atoms with van der Waals surface area (Å²) < 4.78 is 0.669. The number of rotatable bonds is 2. The number of nitrogens with one attached hydrogen (secondary N) is 2. The molecule has 4 nitrogen and oxygen atoms in total. The summed E-state index contributed by atoms with van der Waals surface area (Å²) in [5.41, 5.74) is 6.72. The van der Waals surface area contributed by atoms with Crippen LogP contribution in [0.5, 0.6) is 0 Å². The molecule has 0 aliphatic rings. The second-order valence-electron chi connectivity index (χ2n) is 4.26. The third-order valence-electron chi connectivity index (χ3n) is 2.69. The van der Waals surface area contributed by atoms with Crippen LogP contribution < -0.4 is 10.9 Å². The van der Waals surface area contributed by atoms with Gasteiger partial charge in [-0.1, -0.05) is 29.8 Å². The van der Waals surface area contributed by atoms with Crippen molar-refractivity contribution in [3.05, 3.63) is 69.7 Å². The van der Waals surface area contributed by atoms with Crippen molar-refractivity contribution in [2.45, 2.75) is 6.92 Å². The van der Waals surface area contributed by atoms with Gasteiger partial charge in [0.05, 0.1) is 5.56 Å². The fourth-order valence-electron chi connectivity index (χ4n) is 1.68. The number of carbonyl (C=O) groups excluding carboxylic acids is 2. The van der Waals surface area contributed by atoms with Crippen LogP contribution in [0.15, 0.2) is 53.0 Å². The fourth-order valence-corrected chi connectivity index (χ4v) is 2.15. The molecule has 0 heterocycles. The van der Waals surface area contributed by atoms with E-state index in [0.29, 0.717) is 15.6 Å². The summed E-state index contributed by atoms with van der Waals surface area (Å²) in [7, 11) is 0. The minimum absolute atomic E-state index is 0.353. The Morgan fingerprint density at radius 1 is 0.950 bits per heavy atom. The molecule has 2 amide bonds. The second kappa shape index (κ2) is 6.34. The van der Waals surface area contributed by atoms with E-state index in [1.165, 1.54) is 0 Å². The van der Waals surface area contributed by atoms with E-state index < -0.39 is 0 Å². The van der Waals surface area contributed by atoms with E-state index in [4.69, 9.17) is 0 Å². The molecule has 5 heteroatoms. The molecule has 0 atom stereocenters. The zero-order valence-corrected chi connectivity index (χ0v) is 12.4. The lowest BCUT2D eigenvalue weighted by molar-refractivity contribution is 0.0846. The molecule has 0 aromatic heterocycles. The van der Waals surface area contributed by atoms with Crippen molar-refractivity contribution in [2.75, 3.05) is 0 Å². The minimum atomic E-state index is -0.376. The maximum Gasteiger partial charge on any atom is 0.270 e. The number of carbonyl (C=O) groups is 2. The van der Waals surface area contributed by atoms with Crippen LogP contribution in [0.2, 0.25) is 0 Å². The average Bonchev–Trinajstić information content (AvgIpc) is 2.45. The van der Waals surface area contributed by atoms with Crippen molar-refractivity contribution in [3.63, 3.8) is 0 Å². The molecule has 0 fully saturated rings. The van der Waals surface area contributed by atoms with Gasteiger partial charge in [-0.3, -0.25) is 20.4 Å². The number of hydrogen-bond acceptors (Lipinski definition) is 2. The molecular weight excluding hydrogens is 320 g/mol. The SMILES string of the molecule is Cc1cccc(C(=O)NNC(=O)c2ccccc2Br)c1. The van der Waals surface area contributed by atoms with E-state index in [1.807, 2.05) is 19.1 Å². The largest absolute Gasteiger partial charge is 0.270 e. The summed E-state index contributed by atoms with van der Waals surface area (Å²) in [6, 6.07) is 14.1. The van der Waals surface area contributed by atoms with Gasteiger partial charge in [0.1, 0.15) is 0 Å². The topological polar surface area (TPSA) is 58.2 Å². The van der Waals surface area contributed by atoms with Gasteiger partial charge < -0.3 is 0 Å². The van der Waals surface area contributed by atoms with E-state index in [-0.39, 0.29) is 11.8 Å². The number of amides is 2. The Bertz CT molecular complexity index is 656. The maximum atomic E-state index is 11.9. The normalized spacial score (nSPS) is 9.90. The van der Waals surface area contributed by atoms with Gasteiger partial charge in [0.15, 0.2) is 0 Å².